The second kappa shape index (κ2) is 6.86. The number of imidazole rings is 1. The summed E-state index contributed by atoms with van der Waals surface area (Å²) < 4.78 is 0. The van der Waals surface area contributed by atoms with E-state index < -0.39 is 0 Å². The van der Waals surface area contributed by atoms with Crippen LogP contribution < -0.4 is 10.6 Å². The van der Waals surface area contributed by atoms with Crippen LogP contribution in [0.4, 0.5) is 4.79 Å². The quantitative estimate of drug-likeness (QED) is 0.614. The Hall–Kier alpha value is -1.52. The zero-order valence-electron chi connectivity index (χ0n) is 9.05. The molecule has 15 heavy (non-hydrogen) atoms. The second-order valence-corrected chi connectivity index (χ2v) is 3.32. The Bertz CT molecular complexity index is 271. The molecule has 0 spiro atoms. The zero-order chi connectivity index (χ0) is 10.9. The highest BCUT2D eigenvalue weighted by molar-refractivity contribution is 5.73. The third kappa shape index (κ3) is 5.05. The first kappa shape index (κ1) is 11.6. The van der Waals surface area contributed by atoms with E-state index in [1.165, 1.54) is 0 Å². The van der Waals surface area contributed by atoms with Gasteiger partial charge in [0.1, 0.15) is 5.82 Å². The van der Waals surface area contributed by atoms with Crippen molar-refractivity contribution in [3.63, 3.8) is 0 Å². The minimum Gasteiger partial charge on any atom is -0.349 e. The van der Waals surface area contributed by atoms with Gasteiger partial charge in [-0.1, -0.05) is 13.3 Å². The summed E-state index contributed by atoms with van der Waals surface area (Å²) in [5.41, 5.74) is 0. The fourth-order valence-electron chi connectivity index (χ4n) is 1.17. The van der Waals surface area contributed by atoms with Crippen LogP contribution in [-0.2, 0) is 6.42 Å². The number of carbonyl (C=O) groups is 1. The van der Waals surface area contributed by atoms with E-state index in [0.717, 1.165) is 31.6 Å². The fourth-order valence-corrected chi connectivity index (χ4v) is 1.17. The van der Waals surface area contributed by atoms with Gasteiger partial charge in [0.05, 0.1) is 0 Å². The van der Waals surface area contributed by atoms with E-state index in [4.69, 9.17) is 0 Å². The van der Waals surface area contributed by atoms with Crippen molar-refractivity contribution in [1.29, 1.82) is 0 Å². The summed E-state index contributed by atoms with van der Waals surface area (Å²) in [5, 5.41) is 5.55. The average Bonchev–Trinajstić information content (AvgIpc) is 2.71. The van der Waals surface area contributed by atoms with E-state index in [-0.39, 0.29) is 6.03 Å². The van der Waals surface area contributed by atoms with E-state index >= 15 is 0 Å². The molecule has 0 aliphatic heterocycles. The predicted molar refractivity (Wildman–Crippen MR) is 58.6 cm³/mol. The third-order valence-corrected chi connectivity index (χ3v) is 2.02. The standard InChI is InChI=1S/C10H18N4O/c1-2-3-5-13-10(15)14-6-4-9-11-7-8-12-9/h7-8H,2-6H2,1H3,(H,11,12)(H2,13,14,15). The molecule has 1 aromatic rings. The number of carbonyl (C=O) groups excluding carboxylic acids is 1. The Morgan fingerprint density at radius 1 is 1.47 bits per heavy atom. The van der Waals surface area contributed by atoms with Crippen LogP contribution in [0, 0.1) is 0 Å². The number of unbranched alkanes of at least 4 members (excludes halogenated alkanes) is 1. The van der Waals surface area contributed by atoms with Crippen LogP contribution in [0.25, 0.3) is 0 Å². The van der Waals surface area contributed by atoms with Crippen LogP contribution in [0.3, 0.4) is 0 Å². The summed E-state index contributed by atoms with van der Waals surface area (Å²) in [6, 6.07) is -0.102. The highest BCUT2D eigenvalue weighted by atomic mass is 16.2. The first-order valence-electron chi connectivity index (χ1n) is 5.33. The summed E-state index contributed by atoms with van der Waals surface area (Å²) in [7, 11) is 0. The molecule has 0 atom stereocenters. The maximum atomic E-state index is 11.2. The third-order valence-electron chi connectivity index (χ3n) is 2.02. The van der Waals surface area contributed by atoms with Gasteiger partial charge < -0.3 is 15.6 Å². The van der Waals surface area contributed by atoms with Crippen LogP contribution >= 0.6 is 0 Å². The molecule has 0 bridgehead atoms. The Morgan fingerprint density at radius 2 is 2.27 bits per heavy atom. The molecule has 0 saturated carbocycles. The monoisotopic (exact) mass is 210 g/mol. The molecule has 3 N–H and O–H groups in total. The van der Waals surface area contributed by atoms with Crippen molar-refractivity contribution >= 4 is 6.03 Å². The number of urea groups is 1. The zero-order valence-corrected chi connectivity index (χ0v) is 9.05. The lowest BCUT2D eigenvalue weighted by atomic mass is 10.3. The predicted octanol–water partition coefficient (Wildman–Crippen LogP) is 1.05. The van der Waals surface area contributed by atoms with Crippen LogP contribution in [0.15, 0.2) is 12.4 Å². The van der Waals surface area contributed by atoms with Gasteiger partial charge in [0, 0.05) is 31.9 Å². The number of aromatic amines is 1. The first-order chi connectivity index (χ1) is 7.33. The largest absolute Gasteiger partial charge is 0.349 e. The van der Waals surface area contributed by atoms with Crippen molar-refractivity contribution in [2.24, 2.45) is 0 Å². The van der Waals surface area contributed by atoms with Gasteiger partial charge in [-0.05, 0) is 6.42 Å². The van der Waals surface area contributed by atoms with Gasteiger partial charge in [0.25, 0.3) is 0 Å². The topological polar surface area (TPSA) is 69.8 Å². The fraction of sp³-hybridized carbons (Fsp3) is 0.600. The molecular weight excluding hydrogens is 192 g/mol. The molecule has 0 aromatic carbocycles. The number of H-pyrrole nitrogens is 1. The number of rotatable bonds is 6. The second-order valence-electron chi connectivity index (χ2n) is 3.32. The van der Waals surface area contributed by atoms with Crippen molar-refractivity contribution < 1.29 is 4.79 Å². The molecule has 1 heterocycles. The van der Waals surface area contributed by atoms with Crippen LogP contribution in [0.5, 0.6) is 0 Å². The van der Waals surface area contributed by atoms with Crippen molar-refractivity contribution in [3.8, 4) is 0 Å². The van der Waals surface area contributed by atoms with E-state index in [0.29, 0.717) is 6.54 Å². The summed E-state index contributed by atoms with van der Waals surface area (Å²) in [6.07, 6.45) is 6.32. The van der Waals surface area contributed by atoms with E-state index in [1.807, 2.05) is 0 Å². The number of nitrogens with zero attached hydrogens (tertiary/aromatic N) is 1. The maximum Gasteiger partial charge on any atom is 0.314 e. The molecule has 5 nitrogen and oxygen atoms in total. The number of hydrogen-bond donors (Lipinski definition) is 3. The molecule has 1 aromatic heterocycles. The summed E-state index contributed by atoms with van der Waals surface area (Å²) in [5.74, 6) is 0.892. The molecule has 0 unspecified atom stereocenters. The highest BCUT2D eigenvalue weighted by Crippen LogP contribution is 1.88. The molecular formula is C10H18N4O. The van der Waals surface area contributed by atoms with Gasteiger partial charge in [-0.25, -0.2) is 9.78 Å². The first-order valence-corrected chi connectivity index (χ1v) is 5.33. The molecule has 0 radical (unpaired) electrons. The van der Waals surface area contributed by atoms with Crippen molar-refractivity contribution in [2.75, 3.05) is 13.1 Å². The minimum atomic E-state index is -0.102. The molecule has 0 saturated heterocycles. The van der Waals surface area contributed by atoms with E-state index in [9.17, 15) is 4.79 Å². The van der Waals surface area contributed by atoms with Gasteiger partial charge >= 0.3 is 6.03 Å². The van der Waals surface area contributed by atoms with Crippen molar-refractivity contribution in [3.05, 3.63) is 18.2 Å². The van der Waals surface area contributed by atoms with Gasteiger partial charge in [0.2, 0.25) is 0 Å². The van der Waals surface area contributed by atoms with Crippen LogP contribution in [0.2, 0.25) is 0 Å². The van der Waals surface area contributed by atoms with Gasteiger partial charge in [-0.2, -0.15) is 0 Å². The minimum absolute atomic E-state index is 0.102. The smallest absolute Gasteiger partial charge is 0.314 e. The molecule has 84 valence electrons. The molecule has 1 rings (SSSR count). The number of hydrogen-bond acceptors (Lipinski definition) is 2. The molecule has 5 heteroatoms. The van der Waals surface area contributed by atoms with Gasteiger partial charge in [-0.3, -0.25) is 0 Å². The molecule has 0 fully saturated rings. The average molecular weight is 210 g/mol. The summed E-state index contributed by atoms with van der Waals surface area (Å²) in [6.45, 7) is 3.44. The molecule has 0 aliphatic carbocycles. The van der Waals surface area contributed by atoms with Crippen molar-refractivity contribution in [1.82, 2.24) is 20.6 Å². The van der Waals surface area contributed by atoms with Crippen LogP contribution in [0.1, 0.15) is 25.6 Å². The number of amides is 2. The molecule has 0 aliphatic rings. The Morgan fingerprint density at radius 3 is 2.93 bits per heavy atom. The Labute approximate surface area is 89.7 Å². The lowest BCUT2D eigenvalue weighted by Gasteiger charge is -2.05. The van der Waals surface area contributed by atoms with Gasteiger partial charge in [0.15, 0.2) is 0 Å². The van der Waals surface area contributed by atoms with Gasteiger partial charge in [-0.15, -0.1) is 0 Å². The highest BCUT2D eigenvalue weighted by Gasteiger charge is 1.99. The normalized spacial score (nSPS) is 9.93. The number of aromatic nitrogens is 2. The summed E-state index contributed by atoms with van der Waals surface area (Å²) >= 11 is 0. The molecule has 2 amide bonds. The number of nitrogens with one attached hydrogen (secondary N) is 3. The van der Waals surface area contributed by atoms with E-state index in [1.54, 1.807) is 12.4 Å². The SMILES string of the molecule is CCCCNC(=O)NCCc1ncc[nH]1. The maximum absolute atomic E-state index is 11.2. The Balaban J connectivity index is 2.02. The lowest BCUT2D eigenvalue weighted by Crippen LogP contribution is -2.37. The Kier molecular flexibility index (Phi) is 5.29. The van der Waals surface area contributed by atoms with Crippen LogP contribution in [-0.4, -0.2) is 29.1 Å². The van der Waals surface area contributed by atoms with E-state index in [2.05, 4.69) is 27.5 Å². The summed E-state index contributed by atoms with van der Waals surface area (Å²) in [4.78, 5) is 18.2. The lowest BCUT2D eigenvalue weighted by molar-refractivity contribution is 0.241. The van der Waals surface area contributed by atoms with Crippen molar-refractivity contribution in [2.45, 2.75) is 26.2 Å².